The summed E-state index contributed by atoms with van der Waals surface area (Å²) in [4.78, 5) is 0. The van der Waals surface area contributed by atoms with Crippen molar-refractivity contribution in [2.75, 3.05) is 0 Å². The van der Waals surface area contributed by atoms with Gasteiger partial charge < -0.3 is 0 Å². The minimum absolute atomic E-state index is 0.176. The Labute approximate surface area is 94.9 Å². The number of halogens is 1. The molecular formula is C13H16FN2+. The van der Waals surface area contributed by atoms with E-state index in [4.69, 9.17) is 0 Å². The minimum atomic E-state index is -0.176. The lowest BCUT2D eigenvalue weighted by Crippen LogP contribution is -2.37. The van der Waals surface area contributed by atoms with Gasteiger partial charge in [-0.1, -0.05) is 0 Å². The molecular weight excluding hydrogens is 203 g/mol. The average molecular weight is 219 g/mol. The van der Waals surface area contributed by atoms with Crippen molar-refractivity contribution in [1.82, 2.24) is 4.68 Å². The maximum atomic E-state index is 13.2. The first-order valence-electron chi connectivity index (χ1n) is 5.31. The van der Waals surface area contributed by atoms with Gasteiger partial charge in [0.25, 0.3) is 0 Å². The van der Waals surface area contributed by atoms with Crippen molar-refractivity contribution in [3.05, 3.63) is 47.0 Å². The van der Waals surface area contributed by atoms with Gasteiger partial charge in [0.15, 0.2) is 13.2 Å². The first kappa shape index (κ1) is 10.9. The molecule has 3 heteroatoms. The molecule has 0 aliphatic rings. The molecule has 0 aliphatic heterocycles. The molecule has 16 heavy (non-hydrogen) atoms. The third-order valence-corrected chi connectivity index (χ3v) is 2.74. The Morgan fingerprint density at radius 3 is 2.12 bits per heavy atom. The SMILES string of the molecule is Cc1cn(-c2c(C)cc(F)cc2C)[n+](C)c1. The number of aromatic nitrogens is 2. The minimum Gasteiger partial charge on any atom is -0.207 e. The molecule has 0 radical (unpaired) electrons. The van der Waals surface area contributed by atoms with Crippen molar-refractivity contribution in [3.8, 4) is 5.69 Å². The molecule has 0 amide bonds. The third kappa shape index (κ3) is 1.73. The van der Waals surface area contributed by atoms with Crippen LogP contribution < -0.4 is 4.68 Å². The summed E-state index contributed by atoms with van der Waals surface area (Å²) in [5.74, 6) is -0.176. The average Bonchev–Trinajstić information content (AvgIpc) is 2.43. The van der Waals surface area contributed by atoms with E-state index in [-0.39, 0.29) is 5.82 Å². The molecule has 0 saturated carbocycles. The number of hydrogen-bond donors (Lipinski definition) is 0. The predicted octanol–water partition coefficient (Wildman–Crippen LogP) is 2.37. The second-order valence-electron chi connectivity index (χ2n) is 4.31. The molecule has 0 fully saturated rings. The van der Waals surface area contributed by atoms with E-state index in [0.29, 0.717) is 0 Å². The largest absolute Gasteiger partial charge is 0.207 e. The monoisotopic (exact) mass is 219 g/mol. The van der Waals surface area contributed by atoms with E-state index >= 15 is 0 Å². The van der Waals surface area contributed by atoms with Crippen LogP contribution in [0.25, 0.3) is 5.69 Å². The number of aryl methyl sites for hydroxylation is 4. The number of hydrogen-bond acceptors (Lipinski definition) is 0. The van der Waals surface area contributed by atoms with Crippen LogP contribution in [0.4, 0.5) is 4.39 Å². The Morgan fingerprint density at radius 1 is 1.12 bits per heavy atom. The van der Waals surface area contributed by atoms with Gasteiger partial charge >= 0.3 is 0 Å². The van der Waals surface area contributed by atoms with Crippen molar-refractivity contribution in [1.29, 1.82) is 0 Å². The van der Waals surface area contributed by atoms with Gasteiger partial charge in [-0.25, -0.2) is 4.39 Å². The summed E-state index contributed by atoms with van der Waals surface area (Å²) in [6.07, 6.45) is 4.09. The second kappa shape index (κ2) is 3.74. The topological polar surface area (TPSA) is 8.81 Å². The van der Waals surface area contributed by atoms with E-state index in [0.717, 1.165) is 16.8 Å². The molecule has 0 bridgehead atoms. The lowest BCUT2D eigenvalue weighted by molar-refractivity contribution is -0.744. The van der Waals surface area contributed by atoms with Crippen LogP contribution in [0, 0.1) is 26.6 Å². The summed E-state index contributed by atoms with van der Waals surface area (Å²) < 4.78 is 17.3. The zero-order valence-corrected chi connectivity index (χ0v) is 10.1. The fourth-order valence-electron chi connectivity index (χ4n) is 2.16. The Morgan fingerprint density at radius 2 is 1.69 bits per heavy atom. The highest BCUT2D eigenvalue weighted by molar-refractivity contribution is 5.46. The van der Waals surface area contributed by atoms with Crippen LogP contribution >= 0.6 is 0 Å². The lowest BCUT2D eigenvalue weighted by atomic mass is 10.1. The molecule has 1 heterocycles. The first-order valence-corrected chi connectivity index (χ1v) is 5.31. The molecule has 1 aromatic heterocycles. The summed E-state index contributed by atoms with van der Waals surface area (Å²) in [5.41, 5.74) is 4.13. The van der Waals surface area contributed by atoms with E-state index < -0.39 is 0 Å². The van der Waals surface area contributed by atoms with Crippen LogP contribution in [-0.4, -0.2) is 4.68 Å². The van der Waals surface area contributed by atoms with Gasteiger partial charge in [-0.05, 0) is 44.0 Å². The summed E-state index contributed by atoms with van der Waals surface area (Å²) in [6, 6.07) is 3.13. The smallest absolute Gasteiger partial charge is 0.198 e. The van der Waals surface area contributed by atoms with Crippen molar-refractivity contribution >= 4 is 0 Å². The van der Waals surface area contributed by atoms with Crippen LogP contribution in [0.3, 0.4) is 0 Å². The summed E-state index contributed by atoms with van der Waals surface area (Å²) in [7, 11) is 1.98. The molecule has 0 N–H and O–H groups in total. The van der Waals surface area contributed by atoms with Crippen molar-refractivity contribution < 1.29 is 9.07 Å². The van der Waals surface area contributed by atoms with E-state index in [1.54, 1.807) is 12.1 Å². The van der Waals surface area contributed by atoms with Crippen molar-refractivity contribution in [3.63, 3.8) is 0 Å². The fourth-order valence-corrected chi connectivity index (χ4v) is 2.16. The molecule has 0 unspecified atom stereocenters. The van der Waals surface area contributed by atoms with Crippen LogP contribution in [0.2, 0.25) is 0 Å². The van der Waals surface area contributed by atoms with Gasteiger partial charge in [0.05, 0.1) is 6.20 Å². The Bertz CT molecular complexity index is 518. The standard InChI is InChI=1S/C13H16FN2/c1-9-7-15(4)16(8-9)13-10(2)5-12(14)6-11(13)3/h5-8H,1-4H3/q+1. The quantitative estimate of drug-likeness (QED) is 0.651. The molecule has 2 rings (SSSR count). The van der Waals surface area contributed by atoms with Crippen LogP contribution in [-0.2, 0) is 7.05 Å². The van der Waals surface area contributed by atoms with Gasteiger partial charge in [0.2, 0.25) is 0 Å². The normalized spacial score (nSPS) is 10.8. The van der Waals surface area contributed by atoms with E-state index in [1.807, 2.05) is 49.6 Å². The lowest BCUT2D eigenvalue weighted by Gasteiger charge is -2.08. The maximum Gasteiger partial charge on any atom is 0.198 e. The Kier molecular flexibility index (Phi) is 2.54. The molecule has 0 atom stereocenters. The molecule has 0 saturated heterocycles. The van der Waals surface area contributed by atoms with Crippen LogP contribution in [0.15, 0.2) is 24.5 Å². The summed E-state index contributed by atoms with van der Waals surface area (Å²) in [5, 5.41) is 0. The highest BCUT2D eigenvalue weighted by Crippen LogP contribution is 2.19. The van der Waals surface area contributed by atoms with Crippen molar-refractivity contribution in [2.24, 2.45) is 7.05 Å². The molecule has 84 valence electrons. The molecule has 0 spiro atoms. The van der Waals surface area contributed by atoms with Gasteiger partial charge in [0, 0.05) is 5.56 Å². The Hall–Kier alpha value is -1.64. The van der Waals surface area contributed by atoms with Gasteiger partial charge in [0.1, 0.15) is 11.5 Å². The van der Waals surface area contributed by atoms with E-state index in [2.05, 4.69) is 0 Å². The zero-order chi connectivity index (χ0) is 11.9. The van der Waals surface area contributed by atoms with Crippen LogP contribution in [0.5, 0.6) is 0 Å². The molecule has 0 aliphatic carbocycles. The highest BCUT2D eigenvalue weighted by atomic mass is 19.1. The summed E-state index contributed by atoms with van der Waals surface area (Å²) >= 11 is 0. The summed E-state index contributed by atoms with van der Waals surface area (Å²) in [6.45, 7) is 5.91. The molecule has 1 aromatic carbocycles. The highest BCUT2D eigenvalue weighted by Gasteiger charge is 2.14. The predicted molar refractivity (Wildman–Crippen MR) is 61.1 cm³/mol. The Balaban J connectivity index is 2.69. The maximum absolute atomic E-state index is 13.2. The third-order valence-electron chi connectivity index (χ3n) is 2.74. The zero-order valence-electron chi connectivity index (χ0n) is 10.1. The van der Waals surface area contributed by atoms with Gasteiger partial charge in [-0.15, -0.1) is 9.36 Å². The van der Waals surface area contributed by atoms with Gasteiger partial charge in [-0.2, -0.15) is 0 Å². The second-order valence-corrected chi connectivity index (χ2v) is 4.31. The number of nitrogens with zero attached hydrogens (tertiary/aromatic N) is 2. The van der Waals surface area contributed by atoms with Crippen molar-refractivity contribution in [2.45, 2.75) is 20.8 Å². The molecule has 2 aromatic rings. The van der Waals surface area contributed by atoms with E-state index in [9.17, 15) is 4.39 Å². The first-order chi connectivity index (χ1) is 7.49. The molecule has 2 nitrogen and oxygen atoms in total. The number of rotatable bonds is 1. The van der Waals surface area contributed by atoms with Gasteiger partial charge in [-0.3, -0.25) is 0 Å². The fraction of sp³-hybridized carbons (Fsp3) is 0.308. The number of benzene rings is 1. The van der Waals surface area contributed by atoms with Crippen LogP contribution in [0.1, 0.15) is 16.7 Å². The van der Waals surface area contributed by atoms with E-state index in [1.165, 1.54) is 5.56 Å².